The van der Waals surface area contributed by atoms with Gasteiger partial charge in [0.05, 0.1) is 24.9 Å². The van der Waals surface area contributed by atoms with E-state index >= 15 is 0 Å². The Hall–Kier alpha value is -1.26. The summed E-state index contributed by atoms with van der Waals surface area (Å²) >= 11 is 0. The van der Waals surface area contributed by atoms with Crippen LogP contribution in [0.4, 0.5) is 5.69 Å². The van der Waals surface area contributed by atoms with Crippen LogP contribution in [0.15, 0.2) is 18.2 Å². The molecule has 0 radical (unpaired) electrons. The summed E-state index contributed by atoms with van der Waals surface area (Å²) in [6, 6.07) is 6.43. The Morgan fingerprint density at radius 2 is 2.11 bits per heavy atom. The average molecular weight is 265 g/mol. The van der Waals surface area contributed by atoms with Crippen LogP contribution in [0.1, 0.15) is 18.9 Å². The third-order valence-corrected chi connectivity index (χ3v) is 3.60. The summed E-state index contributed by atoms with van der Waals surface area (Å²) < 4.78 is 16.5. The predicted molar refractivity (Wildman–Crippen MR) is 76.0 cm³/mol. The van der Waals surface area contributed by atoms with Gasteiger partial charge in [0.15, 0.2) is 0 Å². The molecule has 0 amide bonds. The van der Waals surface area contributed by atoms with Gasteiger partial charge in [-0.15, -0.1) is 0 Å². The number of hydrogen-bond donors (Lipinski definition) is 1. The molecule has 3 unspecified atom stereocenters. The number of rotatable bonds is 6. The first kappa shape index (κ1) is 14.2. The van der Waals surface area contributed by atoms with Crippen LogP contribution in [-0.2, 0) is 9.47 Å². The minimum Gasteiger partial charge on any atom is -0.495 e. The summed E-state index contributed by atoms with van der Waals surface area (Å²) in [4.78, 5) is 0. The van der Waals surface area contributed by atoms with Crippen molar-refractivity contribution in [3.8, 4) is 5.75 Å². The molecule has 106 valence electrons. The van der Waals surface area contributed by atoms with Gasteiger partial charge >= 0.3 is 0 Å². The lowest BCUT2D eigenvalue weighted by Gasteiger charge is -2.43. The molecule has 1 fully saturated rings. The normalized spacial score (nSPS) is 25.8. The molecular weight excluding hydrogens is 242 g/mol. The molecule has 0 heterocycles. The number of nitrogens with one attached hydrogen (secondary N) is 1. The van der Waals surface area contributed by atoms with Crippen LogP contribution >= 0.6 is 0 Å². The number of ether oxygens (including phenoxy) is 3. The number of hydrogen-bond acceptors (Lipinski definition) is 4. The Balaban J connectivity index is 2.02. The van der Waals surface area contributed by atoms with Crippen molar-refractivity contribution in [1.82, 2.24) is 0 Å². The van der Waals surface area contributed by atoms with E-state index < -0.39 is 0 Å². The average Bonchev–Trinajstić information content (AvgIpc) is 2.39. The van der Waals surface area contributed by atoms with Gasteiger partial charge in [-0.1, -0.05) is 6.07 Å². The first-order valence-electron chi connectivity index (χ1n) is 6.75. The summed E-state index contributed by atoms with van der Waals surface area (Å²) in [6.07, 6.45) is 1.26. The summed E-state index contributed by atoms with van der Waals surface area (Å²) in [5.41, 5.74) is 2.20. The minimum atomic E-state index is 0.103. The van der Waals surface area contributed by atoms with Crippen LogP contribution in [0.5, 0.6) is 5.75 Å². The molecule has 0 aliphatic heterocycles. The fourth-order valence-electron chi connectivity index (χ4n) is 2.53. The summed E-state index contributed by atoms with van der Waals surface area (Å²) in [5, 5.41) is 3.48. The van der Waals surface area contributed by atoms with E-state index in [-0.39, 0.29) is 18.2 Å². The van der Waals surface area contributed by atoms with Crippen molar-refractivity contribution in [3.05, 3.63) is 23.8 Å². The molecule has 4 nitrogen and oxygen atoms in total. The molecule has 4 heteroatoms. The molecule has 3 atom stereocenters. The quantitative estimate of drug-likeness (QED) is 0.858. The van der Waals surface area contributed by atoms with Gasteiger partial charge in [-0.25, -0.2) is 0 Å². The van der Waals surface area contributed by atoms with Crippen molar-refractivity contribution in [3.63, 3.8) is 0 Å². The molecule has 19 heavy (non-hydrogen) atoms. The second-order valence-electron chi connectivity index (χ2n) is 4.88. The lowest BCUT2D eigenvalue weighted by atomic mass is 9.85. The van der Waals surface area contributed by atoms with Gasteiger partial charge in [0.2, 0.25) is 0 Å². The van der Waals surface area contributed by atoms with E-state index in [2.05, 4.69) is 24.4 Å². The molecule has 0 bridgehead atoms. The van der Waals surface area contributed by atoms with Gasteiger partial charge in [-0.05, 0) is 38.0 Å². The number of anilines is 1. The molecule has 1 aromatic rings. The highest BCUT2D eigenvalue weighted by molar-refractivity contribution is 5.58. The number of benzene rings is 1. The van der Waals surface area contributed by atoms with Gasteiger partial charge in [-0.3, -0.25) is 0 Å². The van der Waals surface area contributed by atoms with Gasteiger partial charge in [0.25, 0.3) is 0 Å². The molecule has 0 saturated heterocycles. The maximum absolute atomic E-state index is 5.63. The topological polar surface area (TPSA) is 39.7 Å². The van der Waals surface area contributed by atoms with Crippen molar-refractivity contribution in [1.29, 1.82) is 0 Å². The fraction of sp³-hybridized carbons (Fsp3) is 0.600. The first-order valence-corrected chi connectivity index (χ1v) is 6.75. The van der Waals surface area contributed by atoms with Gasteiger partial charge in [-0.2, -0.15) is 0 Å². The van der Waals surface area contributed by atoms with Crippen LogP contribution in [0.2, 0.25) is 0 Å². The van der Waals surface area contributed by atoms with Crippen molar-refractivity contribution in [2.24, 2.45) is 0 Å². The van der Waals surface area contributed by atoms with Crippen LogP contribution in [-0.4, -0.2) is 39.1 Å². The first-order chi connectivity index (χ1) is 9.19. The highest BCUT2D eigenvalue weighted by Crippen LogP contribution is 2.33. The maximum Gasteiger partial charge on any atom is 0.142 e. The minimum absolute atomic E-state index is 0.103. The Kier molecular flexibility index (Phi) is 4.66. The van der Waals surface area contributed by atoms with Crippen molar-refractivity contribution < 1.29 is 14.2 Å². The van der Waals surface area contributed by atoms with E-state index in [1.807, 2.05) is 13.0 Å². The van der Waals surface area contributed by atoms with Crippen molar-refractivity contribution in [2.75, 3.05) is 26.1 Å². The smallest absolute Gasteiger partial charge is 0.142 e. The zero-order valence-electron chi connectivity index (χ0n) is 12.1. The molecule has 2 rings (SSSR count). The summed E-state index contributed by atoms with van der Waals surface area (Å²) in [6.45, 7) is 4.79. The van der Waals surface area contributed by atoms with E-state index in [0.717, 1.165) is 24.5 Å². The predicted octanol–water partition coefficient (Wildman–Crippen LogP) is 2.61. The maximum atomic E-state index is 5.63. The number of aryl methyl sites for hydroxylation is 1. The third-order valence-electron chi connectivity index (χ3n) is 3.60. The molecule has 1 aromatic carbocycles. The standard InChI is InChI=1S/C15H23NO3/c1-5-19-14-9-12(15(14)18-4)16-11-7-6-10(2)8-13(11)17-3/h6-8,12,14-16H,5,9H2,1-4H3. The molecule has 0 aromatic heterocycles. The Labute approximate surface area is 115 Å². The van der Waals surface area contributed by atoms with Crippen LogP contribution in [0.3, 0.4) is 0 Å². The molecule has 1 saturated carbocycles. The van der Waals surface area contributed by atoms with E-state index in [1.165, 1.54) is 5.56 Å². The van der Waals surface area contributed by atoms with Crippen LogP contribution in [0.25, 0.3) is 0 Å². The zero-order chi connectivity index (χ0) is 13.8. The van der Waals surface area contributed by atoms with E-state index in [1.54, 1.807) is 14.2 Å². The molecular formula is C15H23NO3. The van der Waals surface area contributed by atoms with E-state index in [4.69, 9.17) is 14.2 Å². The SMILES string of the molecule is CCOC1CC(Nc2ccc(C)cc2OC)C1OC. The second-order valence-corrected chi connectivity index (χ2v) is 4.88. The Morgan fingerprint density at radius 3 is 2.74 bits per heavy atom. The van der Waals surface area contributed by atoms with Crippen molar-refractivity contribution in [2.45, 2.75) is 38.5 Å². The monoisotopic (exact) mass is 265 g/mol. The second kappa shape index (κ2) is 6.26. The fourth-order valence-corrected chi connectivity index (χ4v) is 2.53. The lowest BCUT2D eigenvalue weighted by Crippen LogP contribution is -2.56. The number of methoxy groups -OCH3 is 2. The van der Waals surface area contributed by atoms with Gasteiger partial charge < -0.3 is 19.5 Å². The Morgan fingerprint density at radius 1 is 1.32 bits per heavy atom. The summed E-state index contributed by atoms with van der Waals surface area (Å²) in [7, 11) is 3.43. The molecule has 1 aliphatic carbocycles. The molecule has 0 spiro atoms. The van der Waals surface area contributed by atoms with Gasteiger partial charge in [0, 0.05) is 13.7 Å². The van der Waals surface area contributed by atoms with Crippen molar-refractivity contribution >= 4 is 5.69 Å². The highest BCUT2D eigenvalue weighted by Gasteiger charge is 2.42. The lowest BCUT2D eigenvalue weighted by molar-refractivity contribution is -0.118. The van der Waals surface area contributed by atoms with Gasteiger partial charge in [0.1, 0.15) is 11.9 Å². The molecule has 1 aliphatic rings. The largest absolute Gasteiger partial charge is 0.495 e. The highest BCUT2D eigenvalue weighted by atomic mass is 16.5. The summed E-state index contributed by atoms with van der Waals surface area (Å²) in [5.74, 6) is 0.870. The van der Waals surface area contributed by atoms with Crippen LogP contribution < -0.4 is 10.1 Å². The molecule has 1 N–H and O–H groups in total. The van der Waals surface area contributed by atoms with E-state index in [0.29, 0.717) is 0 Å². The Bertz CT molecular complexity index is 422. The van der Waals surface area contributed by atoms with E-state index in [9.17, 15) is 0 Å². The third kappa shape index (κ3) is 3.01. The van der Waals surface area contributed by atoms with Crippen LogP contribution in [0, 0.1) is 6.92 Å². The zero-order valence-corrected chi connectivity index (χ0v) is 12.1.